The maximum atomic E-state index is 5.95. The van der Waals surface area contributed by atoms with Crippen LogP contribution in [0.2, 0.25) is 0 Å². The third kappa shape index (κ3) is 3.53. The molecular formula is C14H23NO. The van der Waals surface area contributed by atoms with Crippen LogP contribution >= 0.6 is 0 Å². The van der Waals surface area contributed by atoms with Gasteiger partial charge in [-0.25, -0.2) is 0 Å². The van der Waals surface area contributed by atoms with Crippen molar-refractivity contribution < 1.29 is 4.74 Å². The molecule has 0 aliphatic rings. The maximum absolute atomic E-state index is 5.95. The van der Waals surface area contributed by atoms with Crippen molar-refractivity contribution in [2.45, 2.75) is 52.7 Å². The number of hydrogen-bond donors (Lipinski definition) is 1. The van der Waals surface area contributed by atoms with E-state index in [0.717, 1.165) is 24.2 Å². The van der Waals surface area contributed by atoms with Crippen LogP contribution < -0.4 is 10.5 Å². The van der Waals surface area contributed by atoms with Crippen LogP contribution in [0, 0.1) is 6.92 Å². The molecule has 0 radical (unpaired) electrons. The highest BCUT2D eigenvalue weighted by Crippen LogP contribution is 2.26. The van der Waals surface area contributed by atoms with Gasteiger partial charge in [0, 0.05) is 11.6 Å². The number of hydrogen-bond acceptors (Lipinski definition) is 2. The molecule has 0 saturated carbocycles. The molecule has 2 atom stereocenters. The van der Waals surface area contributed by atoms with Crippen LogP contribution in [0.3, 0.4) is 0 Å². The molecule has 16 heavy (non-hydrogen) atoms. The summed E-state index contributed by atoms with van der Waals surface area (Å²) in [5.41, 5.74) is 8.28. The lowest BCUT2D eigenvalue weighted by Gasteiger charge is -2.19. The van der Waals surface area contributed by atoms with Gasteiger partial charge in [0.2, 0.25) is 0 Å². The average Bonchev–Trinajstić information content (AvgIpc) is 2.20. The topological polar surface area (TPSA) is 35.2 Å². The van der Waals surface area contributed by atoms with Crippen LogP contribution in [0.5, 0.6) is 5.75 Å². The summed E-state index contributed by atoms with van der Waals surface area (Å²) in [6.07, 6.45) is 2.47. The molecule has 90 valence electrons. The van der Waals surface area contributed by atoms with Gasteiger partial charge in [-0.3, -0.25) is 0 Å². The molecule has 1 aromatic carbocycles. The molecule has 2 N–H and O–H groups in total. The van der Waals surface area contributed by atoms with Gasteiger partial charge in [0.1, 0.15) is 5.75 Å². The van der Waals surface area contributed by atoms with Crippen LogP contribution in [0.4, 0.5) is 0 Å². The first-order chi connectivity index (χ1) is 7.54. The van der Waals surface area contributed by atoms with Crippen LogP contribution in [-0.2, 0) is 0 Å². The first kappa shape index (κ1) is 13.0. The van der Waals surface area contributed by atoms with Crippen molar-refractivity contribution in [3.63, 3.8) is 0 Å². The lowest BCUT2D eigenvalue weighted by Crippen LogP contribution is -2.15. The Balaban J connectivity index is 2.86. The summed E-state index contributed by atoms with van der Waals surface area (Å²) in [4.78, 5) is 0. The maximum Gasteiger partial charge on any atom is 0.124 e. The zero-order valence-corrected chi connectivity index (χ0v) is 10.8. The predicted molar refractivity (Wildman–Crippen MR) is 68.8 cm³/mol. The molecule has 0 aliphatic heterocycles. The van der Waals surface area contributed by atoms with Gasteiger partial charge >= 0.3 is 0 Å². The highest BCUT2D eigenvalue weighted by Gasteiger charge is 2.11. The molecule has 0 spiro atoms. The lowest BCUT2D eigenvalue weighted by atomic mass is 10.0. The molecular weight excluding hydrogens is 198 g/mol. The number of benzene rings is 1. The van der Waals surface area contributed by atoms with Gasteiger partial charge in [-0.2, -0.15) is 0 Å². The molecule has 0 aromatic heterocycles. The predicted octanol–water partition coefficient (Wildman–Crippen LogP) is 3.58. The molecule has 2 heteroatoms. The van der Waals surface area contributed by atoms with Crippen LogP contribution in [0.1, 0.15) is 50.8 Å². The number of nitrogens with two attached hydrogens (primary N) is 1. The average molecular weight is 221 g/mol. The van der Waals surface area contributed by atoms with Crippen molar-refractivity contribution in [3.8, 4) is 5.75 Å². The van der Waals surface area contributed by atoms with Gasteiger partial charge in [0.15, 0.2) is 0 Å². The minimum Gasteiger partial charge on any atom is -0.490 e. The quantitative estimate of drug-likeness (QED) is 0.824. The Labute approximate surface area is 98.8 Å². The molecule has 0 heterocycles. The van der Waals surface area contributed by atoms with Crippen LogP contribution in [0.15, 0.2) is 18.2 Å². The Morgan fingerprint density at radius 2 is 2.00 bits per heavy atom. The summed E-state index contributed by atoms with van der Waals surface area (Å²) >= 11 is 0. The van der Waals surface area contributed by atoms with E-state index in [1.807, 2.05) is 13.0 Å². The van der Waals surface area contributed by atoms with E-state index in [9.17, 15) is 0 Å². The third-order valence-electron chi connectivity index (χ3n) is 2.68. The van der Waals surface area contributed by atoms with Gasteiger partial charge in [-0.05, 0) is 33.3 Å². The van der Waals surface area contributed by atoms with E-state index in [0.29, 0.717) is 0 Å². The van der Waals surface area contributed by atoms with Gasteiger partial charge in [0.05, 0.1) is 6.10 Å². The number of aryl methyl sites for hydroxylation is 1. The summed E-state index contributed by atoms with van der Waals surface area (Å²) in [7, 11) is 0. The van der Waals surface area contributed by atoms with E-state index in [1.165, 1.54) is 5.56 Å². The zero-order valence-electron chi connectivity index (χ0n) is 10.8. The Morgan fingerprint density at radius 3 is 2.56 bits per heavy atom. The van der Waals surface area contributed by atoms with E-state index in [4.69, 9.17) is 10.5 Å². The SMILES string of the molecule is CCCC(C)Oc1ccc(C)cc1C(C)N. The lowest BCUT2D eigenvalue weighted by molar-refractivity contribution is 0.207. The van der Waals surface area contributed by atoms with Crippen molar-refractivity contribution in [3.05, 3.63) is 29.3 Å². The summed E-state index contributed by atoms with van der Waals surface area (Å²) in [5.74, 6) is 0.932. The van der Waals surface area contributed by atoms with E-state index in [-0.39, 0.29) is 12.1 Å². The van der Waals surface area contributed by atoms with E-state index < -0.39 is 0 Å². The van der Waals surface area contributed by atoms with Crippen molar-refractivity contribution in [1.82, 2.24) is 0 Å². The molecule has 0 saturated heterocycles. The second kappa shape index (κ2) is 5.90. The largest absolute Gasteiger partial charge is 0.490 e. The molecule has 0 aliphatic carbocycles. The second-order valence-electron chi connectivity index (χ2n) is 4.55. The molecule has 1 aromatic rings. The zero-order chi connectivity index (χ0) is 12.1. The van der Waals surface area contributed by atoms with Gasteiger partial charge in [-0.1, -0.05) is 31.0 Å². The van der Waals surface area contributed by atoms with Crippen molar-refractivity contribution >= 4 is 0 Å². The number of rotatable bonds is 5. The van der Waals surface area contributed by atoms with Crippen LogP contribution in [-0.4, -0.2) is 6.10 Å². The molecule has 0 fully saturated rings. The molecule has 2 unspecified atom stereocenters. The van der Waals surface area contributed by atoms with Gasteiger partial charge in [0.25, 0.3) is 0 Å². The van der Waals surface area contributed by atoms with Crippen molar-refractivity contribution in [2.75, 3.05) is 0 Å². The minimum absolute atomic E-state index is 0.0173. The molecule has 1 rings (SSSR count). The normalized spacial score (nSPS) is 14.6. The van der Waals surface area contributed by atoms with Crippen molar-refractivity contribution in [1.29, 1.82) is 0 Å². The van der Waals surface area contributed by atoms with E-state index in [1.54, 1.807) is 0 Å². The fourth-order valence-electron chi connectivity index (χ4n) is 1.81. The van der Waals surface area contributed by atoms with Gasteiger partial charge in [-0.15, -0.1) is 0 Å². The van der Waals surface area contributed by atoms with Gasteiger partial charge < -0.3 is 10.5 Å². The molecule has 0 amide bonds. The Bertz CT molecular complexity index is 334. The minimum atomic E-state index is 0.0173. The van der Waals surface area contributed by atoms with E-state index >= 15 is 0 Å². The highest BCUT2D eigenvalue weighted by molar-refractivity contribution is 5.38. The summed E-state index contributed by atoms with van der Waals surface area (Å²) < 4.78 is 5.92. The monoisotopic (exact) mass is 221 g/mol. The first-order valence-corrected chi connectivity index (χ1v) is 6.07. The fourth-order valence-corrected chi connectivity index (χ4v) is 1.81. The first-order valence-electron chi connectivity index (χ1n) is 6.07. The second-order valence-corrected chi connectivity index (χ2v) is 4.55. The third-order valence-corrected chi connectivity index (χ3v) is 2.68. The summed E-state index contributed by atoms with van der Waals surface area (Å²) in [6.45, 7) is 8.34. The van der Waals surface area contributed by atoms with Crippen molar-refractivity contribution in [2.24, 2.45) is 5.73 Å². The standard InChI is InChI=1S/C14H23NO/c1-5-6-11(3)16-14-8-7-10(2)9-13(14)12(4)15/h7-9,11-12H,5-6,15H2,1-4H3. The molecule has 0 bridgehead atoms. The fraction of sp³-hybridized carbons (Fsp3) is 0.571. The Morgan fingerprint density at radius 1 is 1.31 bits per heavy atom. The number of ether oxygens (including phenoxy) is 1. The summed E-state index contributed by atoms with van der Waals surface area (Å²) in [6, 6.07) is 6.22. The van der Waals surface area contributed by atoms with E-state index in [2.05, 4.69) is 32.9 Å². The summed E-state index contributed by atoms with van der Waals surface area (Å²) in [5, 5.41) is 0. The Kier molecular flexibility index (Phi) is 4.81. The Hall–Kier alpha value is -1.02. The molecule has 2 nitrogen and oxygen atoms in total. The smallest absolute Gasteiger partial charge is 0.124 e. The van der Waals surface area contributed by atoms with Crippen LogP contribution in [0.25, 0.3) is 0 Å². The highest BCUT2D eigenvalue weighted by atomic mass is 16.5.